The first-order chi connectivity index (χ1) is 9.49. The highest BCUT2D eigenvalue weighted by molar-refractivity contribution is 7.11. The van der Waals surface area contributed by atoms with E-state index in [2.05, 4.69) is 17.2 Å². The van der Waals surface area contributed by atoms with E-state index in [-0.39, 0.29) is 11.9 Å². The van der Waals surface area contributed by atoms with Crippen LogP contribution in [0.15, 0.2) is 0 Å². The molecule has 0 aliphatic carbocycles. The number of carbonyl (C=O) groups is 1. The van der Waals surface area contributed by atoms with Gasteiger partial charge < -0.3 is 10.2 Å². The maximum Gasteiger partial charge on any atom is 0.222 e. The molecule has 1 aromatic rings. The summed E-state index contributed by atoms with van der Waals surface area (Å²) in [5, 5.41) is 4.42. The summed E-state index contributed by atoms with van der Waals surface area (Å²) in [6, 6.07) is 0.121. The van der Waals surface area contributed by atoms with Crippen molar-refractivity contribution in [3.63, 3.8) is 0 Å². The van der Waals surface area contributed by atoms with Gasteiger partial charge in [-0.15, -0.1) is 11.3 Å². The third-order valence-corrected chi connectivity index (χ3v) is 5.47. The Bertz CT molecular complexity index is 466. The summed E-state index contributed by atoms with van der Waals surface area (Å²) in [5.41, 5.74) is 1.06. The number of hydrogen-bond acceptors (Lipinski definition) is 4. The molecule has 1 aliphatic heterocycles. The van der Waals surface area contributed by atoms with Crippen LogP contribution in [0.3, 0.4) is 0 Å². The first kappa shape index (κ1) is 15.4. The molecule has 5 heteroatoms. The number of nitrogens with one attached hydrogen (secondary N) is 1. The van der Waals surface area contributed by atoms with Gasteiger partial charge in [-0.1, -0.05) is 0 Å². The smallest absolute Gasteiger partial charge is 0.222 e. The second-order valence-corrected chi connectivity index (χ2v) is 7.00. The molecular weight excluding hydrogens is 270 g/mol. The molecule has 2 heterocycles. The van der Waals surface area contributed by atoms with Gasteiger partial charge in [0.1, 0.15) is 0 Å². The standard InChI is InChI=1S/C15H25N3OS/c1-10-15(20-12(3)17-10)11(2)18(4)14(19)6-5-13-7-8-16-9-13/h11,13,16H,5-9H2,1-4H3. The Morgan fingerprint density at radius 2 is 2.30 bits per heavy atom. The average molecular weight is 295 g/mol. The molecule has 0 bridgehead atoms. The van der Waals surface area contributed by atoms with Crippen LogP contribution in [0.1, 0.15) is 47.8 Å². The Hall–Kier alpha value is -0.940. The number of amides is 1. The quantitative estimate of drug-likeness (QED) is 0.908. The average Bonchev–Trinajstić information content (AvgIpc) is 3.03. The summed E-state index contributed by atoms with van der Waals surface area (Å²) in [4.78, 5) is 19.9. The molecule has 4 nitrogen and oxygen atoms in total. The van der Waals surface area contributed by atoms with Gasteiger partial charge in [-0.3, -0.25) is 4.79 Å². The predicted octanol–water partition coefficient (Wildman–Crippen LogP) is 2.67. The Kier molecular flexibility index (Phi) is 5.16. The van der Waals surface area contributed by atoms with E-state index in [0.29, 0.717) is 12.3 Å². The fraction of sp³-hybridized carbons (Fsp3) is 0.733. The number of aromatic nitrogens is 1. The van der Waals surface area contributed by atoms with Crippen molar-refractivity contribution in [1.29, 1.82) is 0 Å². The summed E-state index contributed by atoms with van der Waals surface area (Å²) >= 11 is 1.70. The van der Waals surface area contributed by atoms with Gasteiger partial charge in [-0.05, 0) is 52.6 Å². The second-order valence-electron chi connectivity index (χ2n) is 5.76. The van der Waals surface area contributed by atoms with E-state index in [1.54, 1.807) is 11.3 Å². The Morgan fingerprint density at radius 3 is 2.85 bits per heavy atom. The molecule has 1 amide bonds. The zero-order valence-corrected chi connectivity index (χ0v) is 13.7. The van der Waals surface area contributed by atoms with Gasteiger partial charge in [-0.25, -0.2) is 4.98 Å². The molecule has 0 aromatic carbocycles. The van der Waals surface area contributed by atoms with Crippen LogP contribution in [0.2, 0.25) is 0 Å². The molecule has 1 aromatic heterocycles. The normalized spacial score (nSPS) is 20.1. The summed E-state index contributed by atoms with van der Waals surface area (Å²) in [6.45, 7) is 8.31. The Balaban J connectivity index is 1.90. The van der Waals surface area contributed by atoms with E-state index in [0.717, 1.165) is 30.2 Å². The van der Waals surface area contributed by atoms with Crippen molar-refractivity contribution in [3.05, 3.63) is 15.6 Å². The van der Waals surface area contributed by atoms with E-state index >= 15 is 0 Å². The summed E-state index contributed by atoms with van der Waals surface area (Å²) < 4.78 is 0. The fourth-order valence-electron chi connectivity index (χ4n) is 2.79. The molecule has 2 unspecified atom stereocenters. The van der Waals surface area contributed by atoms with Gasteiger partial charge in [0.05, 0.1) is 16.7 Å². The van der Waals surface area contributed by atoms with E-state index in [1.165, 1.54) is 11.3 Å². The van der Waals surface area contributed by atoms with Gasteiger partial charge in [0.15, 0.2) is 0 Å². The zero-order chi connectivity index (χ0) is 14.7. The molecule has 1 fully saturated rings. The topological polar surface area (TPSA) is 45.2 Å². The molecule has 1 saturated heterocycles. The number of nitrogens with zero attached hydrogens (tertiary/aromatic N) is 2. The van der Waals surface area contributed by atoms with Gasteiger partial charge >= 0.3 is 0 Å². The maximum absolute atomic E-state index is 12.3. The van der Waals surface area contributed by atoms with Crippen molar-refractivity contribution in [3.8, 4) is 0 Å². The number of carbonyl (C=O) groups excluding carboxylic acids is 1. The van der Waals surface area contributed by atoms with E-state index in [9.17, 15) is 4.79 Å². The lowest BCUT2D eigenvalue weighted by atomic mass is 10.0. The van der Waals surface area contributed by atoms with Gasteiger partial charge in [0, 0.05) is 18.3 Å². The molecular formula is C15H25N3OS. The molecule has 0 radical (unpaired) electrons. The van der Waals surface area contributed by atoms with Crippen LogP contribution in [0.4, 0.5) is 0 Å². The van der Waals surface area contributed by atoms with Crippen LogP contribution in [-0.2, 0) is 4.79 Å². The molecule has 0 spiro atoms. The third kappa shape index (κ3) is 3.58. The van der Waals surface area contributed by atoms with Crippen LogP contribution in [0, 0.1) is 19.8 Å². The number of thiazole rings is 1. The minimum Gasteiger partial charge on any atom is -0.338 e. The number of aryl methyl sites for hydroxylation is 2. The van der Waals surface area contributed by atoms with Crippen molar-refractivity contribution >= 4 is 17.2 Å². The molecule has 1 aliphatic rings. The van der Waals surface area contributed by atoms with Crippen molar-refractivity contribution in [2.75, 3.05) is 20.1 Å². The molecule has 112 valence electrons. The molecule has 20 heavy (non-hydrogen) atoms. The van der Waals surface area contributed by atoms with E-state index < -0.39 is 0 Å². The zero-order valence-electron chi connectivity index (χ0n) is 12.9. The lowest BCUT2D eigenvalue weighted by molar-refractivity contribution is -0.132. The lowest BCUT2D eigenvalue weighted by Crippen LogP contribution is -2.29. The number of hydrogen-bond donors (Lipinski definition) is 1. The summed E-state index contributed by atoms with van der Waals surface area (Å²) in [7, 11) is 1.91. The van der Waals surface area contributed by atoms with Crippen LogP contribution in [0.5, 0.6) is 0 Å². The molecule has 2 rings (SSSR count). The first-order valence-electron chi connectivity index (χ1n) is 7.39. The van der Waals surface area contributed by atoms with Crippen LogP contribution < -0.4 is 5.32 Å². The molecule has 2 atom stereocenters. The van der Waals surface area contributed by atoms with Crippen LogP contribution in [-0.4, -0.2) is 35.9 Å². The summed E-state index contributed by atoms with van der Waals surface area (Å²) in [6.07, 6.45) is 2.87. The van der Waals surface area contributed by atoms with E-state index in [4.69, 9.17) is 0 Å². The minimum atomic E-state index is 0.121. The second kappa shape index (κ2) is 6.68. The first-order valence-corrected chi connectivity index (χ1v) is 8.21. The van der Waals surface area contributed by atoms with Crippen LogP contribution >= 0.6 is 11.3 Å². The largest absolute Gasteiger partial charge is 0.338 e. The Morgan fingerprint density at radius 1 is 1.55 bits per heavy atom. The minimum absolute atomic E-state index is 0.121. The fourth-order valence-corrected chi connectivity index (χ4v) is 3.81. The lowest BCUT2D eigenvalue weighted by Gasteiger charge is -2.25. The van der Waals surface area contributed by atoms with Crippen LogP contribution in [0.25, 0.3) is 0 Å². The van der Waals surface area contributed by atoms with Gasteiger partial charge in [0.25, 0.3) is 0 Å². The van der Waals surface area contributed by atoms with Gasteiger partial charge in [-0.2, -0.15) is 0 Å². The number of rotatable bonds is 5. The van der Waals surface area contributed by atoms with Crippen molar-refractivity contribution in [1.82, 2.24) is 15.2 Å². The highest BCUT2D eigenvalue weighted by Gasteiger charge is 2.23. The highest BCUT2D eigenvalue weighted by atomic mass is 32.1. The van der Waals surface area contributed by atoms with Gasteiger partial charge in [0.2, 0.25) is 5.91 Å². The highest BCUT2D eigenvalue weighted by Crippen LogP contribution is 2.29. The maximum atomic E-state index is 12.3. The van der Waals surface area contributed by atoms with Crippen molar-refractivity contribution < 1.29 is 4.79 Å². The predicted molar refractivity (Wildman–Crippen MR) is 83.0 cm³/mol. The monoisotopic (exact) mass is 295 g/mol. The summed E-state index contributed by atoms with van der Waals surface area (Å²) in [5.74, 6) is 0.921. The SMILES string of the molecule is Cc1nc(C)c(C(C)N(C)C(=O)CCC2CCNC2)s1. The van der Waals surface area contributed by atoms with Crippen molar-refractivity contribution in [2.45, 2.75) is 46.1 Å². The third-order valence-electron chi connectivity index (χ3n) is 4.22. The van der Waals surface area contributed by atoms with E-state index in [1.807, 2.05) is 25.8 Å². The van der Waals surface area contributed by atoms with Crippen molar-refractivity contribution in [2.24, 2.45) is 5.92 Å². The Labute approximate surface area is 125 Å². The molecule has 1 N–H and O–H groups in total. The molecule has 0 saturated carbocycles.